The predicted molar refractivity (Wildman–Crippen MR) is 77.8 cm³/mol. The van der Waals surface area contributed by atoms with Gasteiger partial charge in [-0.25, -0.2) is 4.39 Å². The van der Waals surface area contributed by atoms with Gasteiger partial charge in [0, 0.05) is 6.61 Å². The van der Waals surface area contributed by atoms with E-state index >= 15 is 0 Å². The van der Waals surface area contributed by atoms with E-state index in [4.69, 9.17) is 4.74 Å². The minimum absolute atomic E-state index is 0.171. The van der Waals surface area contributed by atoms with Gasteiger partial charge < -0.3 is 10.1 Å². The summed E-state index contributed by atoms with van der Waals surface area (Å²) in [5.74, 6) is 0.360. The van der Waals surface area contributed by atoms with E-state index in [2.05, 4.69) is 26.1 Å². The van der Waals surface area contributed by atoms with Crippen LogP contribution in [0.5, 0.6) is 0 Å². The maximum absolute atomic E-state index is 12.9. The van der Waals surface area contributed by atoms with E-state index in [0.717, 1.165) is 32.5 Å². The molecule has 3 heteroatoms. The molecule has 0 amide bonds. The quantitative estimate of drug-likeness (QED) is 0.740. The Kier molecular flexibility index (Phi) is 7.68. The van der Waals surface area contributed by atoms with Crippen LogP contribution in [-0.2, 0) is 11.2 Å². The first-order chi connectivity index (χ1) is 9.11. The van der Waals surface area contributed by atoms with Crippen molar-refractivity contribution in [1.29, 1.82) is 0 Å². The zero-order chi connectivity index (χ0) is 14.1. The molecule has 0 saturated carbocycles. The molecule has 1 atom stereocenters. The molecule has 0 aliphatic rings. The molecular formula is C16H26FNO. The molecule has 0 aliphatic heterocycles. The van der Waals surface area contributed by atoms with Crippen LogP contribution in [-0.4, -0.2) is 25.8 Å². The van der Waals surface area contributed by atoms with Crippen LogP contribution >= 0.6 is 0 Å². The molecule has 0 fully saturated rings. The van der Waals surface area contributed by atoms with Crippen molar-refractivity contribution in [3.8, 4) is 0 Å². The van der Waals surface area contributed by atoms with Crippen LogP contribution < -0.4 is 5.32 Å². The van der Waals surface area contributed by atoms with E-state index in [1.165, 1.54) is 17.7 Å². The number of hydrogen-bond donors (Lipinski definition) is 1. The van der Waals surface area contributed by atoms with Gasteiger partial charge in [0.15, 0.2) is 0 Å². The SMILES string of the molecule is CCNCC(CCOC(C)C)Cc1ccc(F)cc1. The zero-order valence-electron chi connectivity index (χ0n) is 12.3. The summed E-state index contributed by atoms with van der Waals surface area (Å²) < 4.78 is 18.5. The van der Waals surface area contributed by atoms with Gasteiger partial charge in [0.25, 0.3) is 0 Å². The lowest BCUT2D eigenvalue weighted by atomic mass is 9.96. The first-order valence-electron chi connectivity index (χ1n) is 7.18. The Balaban J connectivity index is 2.45. The molecule has 0 bridgehead atoms. The van der Waals surface area contributed by atoms with Gasteiger partial charge in [0.2, 0.25) is 0 Å². The molecule has 0 heterocycles. The lowest BCUT2D eigenvalue weighted by molar-refractivity contribution is 0.0683. The van der Waals surface area contributed by atoms with Crippen molar-refractivity contribution in [1.82, 2.24) is 5.32 Å². The molecule has 1 aromatic rings. The summed E-state index contributed by atoms with van der Waals surface area (Å²) in [7, 11) is 0. The topological polar surface area (TPSA) is 21.3 Å². The van der Waals surface area contributed by atoms with Crippen molar-refractivity contribution < 1.29 is 9.13 Å². The van der Waals surface area contributed by atoms with Gasteiger partial charge in [0.05, 0.1) is 6.10 Å². The molecule has 1 rings (SSSR count). The molecule has 0 saturated heterocycles. The highest BCUT2D eigenvalue weighted by atomic mass is 19.1. The van der Waals surface area contributed by atoms with Crippen LogP contribution in [0.4, 0.5) is 4.39 Å². The smallest absolute Gasteiger partial charge is 0.123 e. The lowest BCUT2D eigenvalue weighted by Gasteiger charge is -2.18. The predicted octanol–water partition coefficient (Wildman–Crippen LogP) is 3.41. The van der Waals surface area contributed by atoms with Crippen LogP contribution in [0, 0.1) is 11.7 Å². The Morgan fingerprint density at radius 3 is 2.47 bits per heavy atom. The lowest BCUT2D eigenvalue weighted by Crippen LogP contribution is -2.25. The van der Waals surface area contributed by atoms with E-state index in [9.17, 15) is 4.39 Å². The molecule has 108 valence electrons. The molecular weight excluding hydrogens is 241 g/mol. The standard InChI is InChI=1S/C16H26FNO/c1-4-18-12-15(9-10-19-13(2)3)11-14-5-7-16(17)8-6-14/h5-8,13,15,18H,4,9-12H2,1-3H3. The molecule has 0 radical (unpaired) electrons. The maximum Gasteiger partial charge on any atom is 0.123 e. The van der Waals surface area contributed by atoms with Crippen LogP contribution in [0.3, 0.4) is 0 Å². The monoisotopic (exact) mass is 267 g/mol. The van der Waals surface area contributed by atoms with Gasteiger partial charge in [0.1, 0.15) is 5.82 Å². The summed E-state index contributed by atoms with van der Waals surface area (Å²) >= 11 is 0. The van der Waals surface area contributed by atoms with Crippen LogP contribution in [0.1, 0.15) is 32.8 Å². The molecule has 0 spiro atoms. The second kappa shape index (κ2) is 9.05. The fourth-order valence-corrected chi connectivity index (χ4v) is 2.05. The number of ether oxygens (including phenoxy) is 1. The van der Waals surface area contributed by atoms with Gasteiger partial charge >= 0.3 is 0 Å². The Morgan fingerprint density at radius 1 is 1.21 bits per heavy atom. The van der Waals surface area contributed by atoms with Crippen molar-refractivity contribution in [2.45, 2.75) is 39.7 Å². The highest BCUT2D eigenvalue weighted by Crippen LogP contribution is 2.13. The number of rotatable bonds is 9. The minimum atomic E-state index is -0.171. The van der Waals surface area contributed by atoms with Crippen molar-refractivity contribution >= 4 is 0 Å². The first-order valence-corrected chi connectivity index (χ1v) is 7.18. The third kappa shape index (κ3) is 7.28. The zero-order valence-corrected chi connectivity index (χ0v) is 12.3. The van der Waals surface area contributed by atoms with E-state index in [-0.39, 0.29) is 11.9 Å². The average molecular weight is 267 g/mol. The summed E-state index contributed by atoms with van der Waals surface area (Å²) in [4.78, 5) is 0. The second-order valence-corrected chi connectivity index (χ2v) is 5.21. The summed E-state index contributed by atoms with van der Waals surface area (Å²) in [6.45, 7) is 8.97. The number of nitrogens with one attached hydrogen (secondary N) is 1. The Hall–Kier alpha value is -0.930. The van der Waals surface area contributed by atoms with Crippen LogP contribution in [0.2, 0.25) is 0 Å². The molecule has 2 nitrogen and oxygen atoms in total. The highest BCUT2D eigenvalue weighted by molar-refractivity contribution is 5.16. The van der Waals surface area contributed by atoms with Gasteiger partial charge in [-0.3, -0.25) is 0 Å². The van der Waals surface area contributed by atoms with Gasteiger partial charge in [-0.15, -0.1) is 0 Å². The van der Waals surface area contributed by atoms with Crippen molar-refractivity contribution in [2.75, 3.05) is 19.7 Å². The van der Waals surface area contributed by atoms with Crippen molar-refractivity contribution in [3.63, 3.8) is 0 Å². The van der Waals surface area contributed by atoms with Gasteiger partial charge in [-0.05, 0) is 63.4 Å². The Bertz CT molecular complexity index is 337. The molecule has 1 aromatic carbocycles. The molecule has 19 heavy (non-hydrogen) atoms. The van der Waals surface area contributed by atoms with Gasteiger partial charge in [-0.1, -0.05) is 19.1 Å². The third-order valence-corrected chi connectivity index (χ3v) is 3.10. The molecule has 1 unspecified atom stereocenters. The van der Waals surface area contributed by atoms with E-state index in [1.807, 2.05) is 12.1 Å². The normalized spacial score (nSPS) is 12.9. The van der Waals surface area contributed by atoms with Crippen LogP contribution in [0.25, 0.3) is 0 Å². The minimum Gasteiger partial charge on any atom is -0.379 e. The molecule has 1 N–H and O–H groups in total. The third-order valence-electron chi connectivity index (χ3n) is 3.10. The maximum atomic E-state index is 12.9. The Labute approximate surface area is 116 Å². The fourth-order valence-electron chi connectivity index (χ4n) is 2.05. The summed E-state index contributed by atoms with van der Waals surface area (Å²) in [6, 6.07) is 6.81. The molecule has 0 aliphatic carbocycles. The van der Waals surface area contributed by atoms with Gasteiger partial charge in [-0.2, -0.15) is 0 Å². The highest BCUT2D eigenvalue weighted by Gasteiger charge is 2.10. The van der Waals surface area contributed by atoms with E-state index in [1.54, 1.807) is 0 Å². The Morgan fingerprint density at radius 2 is 1.89 bits per heavy atom. The second-order valence-electron chi connectivity index (χ2n) is 5.21. The van der Waals surface area contributed by atoms with E-state index < -0.39 is 0 Å². The number of hydrogen-bond acceptors (Lipinski definition) is 2. The molecule has 0 aromatic heterocycles. The summed E-state index contributed by atoms with van der Waals surface area (Å²) in [5.41, 5.74) is 1.19. The summed E-state index contributed by atoms with van der Waals surface area (Å²) in [6.07, 6.45) is 2.28. The number of benzene rings is 1. The average Bonchev–Trinajstić information content (AvgIpc) is 2.38. The largest absolute Gasteiger partial charge is 0.379 e. The van der Waals surface area contributed by atoms with E-state index in [0.29, 0.717) is 5.92 Å². The fraction of sp³-hybridized carbons (Fsp3) is 0.625. The van der Waals surface area contributed by atoms with Crippen LogP contribution in [0.15, 0.2) is 24.3 Å². The van der Waals surface area contributed by atoms with Crippen molar-refractivity contribution in [3.05, 3.63) is 35.6 Å². The first kappa shape index (κ1) is 16.1. The van der Waals surface area contributed by atoms with Crippen molar-refractivity contribution in [2.24, 2.45) is 5.92 Å². The summed E-state index contributed by atoms with van der Waals surface area (Å²) in [5, 5.41) is 3.39. The number of halogens is 1.